The maximum Gasteiger partial charge on any atom is 0.323 e. The van der Waals surface area contributed by atoms with Crippen molar-refractivity contribution in [2.75, 3.05) is 6.54 Å². The normalized spacial score (nSPS) is 21.0. The first-order valence-corrected chi connectivity index (χ1v) is 8.60. The molecule has 4 heteroatoms. The number of hydrogen-bond donors (Lipinski definition) is 2. The van der Waals surface area contributed by atoms with E-state index < -0.39 is 11.5 Å². The van der Waals surface area contributed by atoms with E-state index in [1.807, 2.05) is 6.92 Å². The number of carbonyl (C=O) groups is 1. The fourth-order valence-corrected chi connectivity index (χ4v) is 3.04. The van der Waals surface area contributed by atoms with Crippen LogP contribution in [0.4, 0.5) is 0 Å². The van der Waals surface area contributed by atoms with Crippen molar-refractivity contribution >= 4 is 5.97 Å². The lowest BCUT2D eigenvalue weighted by atomic mass is 9.91. The van der Waals surface area contributed by atoms with Gasteiger partial charge in [0.25, 0.3) is 0 Å². The van der Waals surface area contributed by atoms with Gasteiger partial charge in [-0.05, 0) is 59.4 Å². The molecule has 0 aromatic heterocycles. The lowest BCUT2D eigenvalue weighted by molar-refractivity contribution is -0.145. The van der Waals surface area contributed by atoms with Crippen molar-refractivity contribution < 1.29 is 9.90 Å². The summed E-state index contributed by atoms with van der Waals surface area (Å²) in [4.78, 5) is 14.2. The van der Waals surface area contributed by atoms with Gasteiger partial charge >= 0.3 is 5.97 Å². The molecule has 1 fully saturated rings. The Hall–Kier alpha value is -0.610. The molecule has 3 unspecified atom stereocenters. The van der Waals surface area contributed by atoms with Gasteiger partial charge in [0, 0.05) is 18.1 Å². The zero-order valence-electron chi connectivity index (χ0n) is 14.5. The second-order valence-electron chi connectivity index (χ2n) is 6.96. The summed E-state index contributed by atoms with van der Waals surface area (Å²) in [6.45, 7) is 11.7. The average Bonchev–Trinajstić information content (AvgIpc) is 3.22. The summed E-state index contributed by atoms with van der Waals surface area (Å²) in [7, 11) is 0. The number of nitrogens with one attached hydrogen (secondary N) is 1. The molecule has 0 aliphatic heterocycles. The van der Waals surface area contributed by atoms with E-state index in [1.54, 1.807) is 0 Å². The molecule has 1 saturated carbocycles. The van der Waals surface area contributed by atoms with Crippen molar-refractivity contribution in [3.63, 3.8) is 0 Å². The molecule has 0 saturated heterocycles. The minimum Gasteiger partial charge on any atom is -0.480 e. The Morgan fingerprint density at radius 2 is 1.95 bits per heavy atom. The third-order valence-electron chi connectivity index (χ3n) is 4.77. The van der Waals surface area contributed by atoms with E-state index in [0.717, 1.165) is 25.8 Å². The number of carboxylic acids is 1. The van der Waals surface area contributed by atoms with Gasteiger partial charge in [-0.25, -0.2) is 0 Å². The highest BCUT2D eigenvalue weighted by Gasteiger charge is 2.40. The molecule has 0 aromatic carbocycles. The molecule has 3 atom stereocenters. The van der Waals surface area contributed by atoms with Crippen molar-refractivity contribution in [3.05, 3.63) is 0 Å². The zero-order chi connectivity index (χ0) is 16.0. The summed E-state index contributed by atoms with van der Waals surface area (Å²) in [5.74, 6) is -0.721. The third kappa shape index (κ3) is 5.59. The van der Waals surface area contributed by atoms with E-state index in [4.69, 9.17) is 0 Å². The van der Waals surface area contributed by atoms with Crippen LogP contribution in [0.15, 0.2) is 0 Å². The summed E-state index contributed by atoms with van der Waals surface area (Å²) in [5.41, 5.74) is -0.807. The molecule has 21 heavy (non-hydrogen) atoms. The molecule has 124 valence electrons. The first-order valence-electron chi connectivity index (χ1n) is 8.60. The van der Waals surface area contributed by atoms with Crippen LogP contribution in [0.25, 0.3) is 0 Å². The summed E-state index contributed by atoms with van der Waals surface area (Å²) in [6, 6.07) is 1.19. The van der Waals surface area contributed by atoms with Crippen LogP contribution in [0.5, 0.6) is 0 Å². The summed E-state index contributed by atoms with van der Waals surface area (Å²) >= 11 is 0. The van der Waals surface area contributed by atoms with E-state index in [2.05, 4.69) is 37.9 Å². The Balaban J connectivity index is 2.70. The molecular formula is C17H34N2O2. The average molecular weight is 298 g/mol. The van der Waals surface area contributed by atoms with E-state index in [0.29, 0.717) is 18.5 Å². The molecule has 1 rings (SSSR count). The number of aliphatic carboxylic acids is 1. The van der Waals surface area contributed by atoms with Gasteiger partial charge in [0.2, 0.25) is 0 Å². The molecule has 0 heterocycles. The Bertz CT molecular complexity index is 331. The van der Waals surface area contributed by atoms with Crippen molar-refractivity contribution in [1.82, 2.24) is 10.2 Å². The van der Waals surface area contributed by atoms with Crippen molar-refractivity contribution in [2.24, 2.45) is 0 Å². The Kier molecular flexibility index (Phi) is 7.14. The monoisotopic (exact) mass is 298 g/mol. The van der Waals surface area contributed by atoms with Gasteiger partial charge in [-0.1, -0.05) is 20.3 Å². The van der Waals surface area contributed by atoms with Crippen LogP contribution < -0.4 is 5.32 Å². The first-order chi connectivity index (χ1) is 9.84. The third-order valence-corrected chi connectivity index (χ3v) is 4.77. The highest BCUT2D eigenvalue weighted by molar-refractivity contribution is 5.78. The first kappa shape index (κ1) is 18.4. The predicted molar refractivity (Wildman–Crippen MR) is 87.6 cm³/mol. The second kappa shape index (κ2) is 8.14. The van der Waals surface area contributed by atoms with Crippen LogP contribution >= 0.6 is 0 Å². The Morgan fingerprint density at radius 1 is 1.33 bits per heavy atom. The lowest BCUT2D eigenvalue weighted by Gasteiger charge is -2.38. The maximum absolute atomic E-state index is 11.7. The Morgan fingerprint density at radius 3 is 2.38 bits per heavy atom. The van der Waals surface area contributed by atoms with Gasteiger partial charge in [-0.15, -0.1) is 0 Å². The van der Waals surface area contributed by atoms with E-state index in [9.17, 15) is 9.90 Å². The van der Waals surface area contributed by atoms with E-state index in [1.165, 1.54) is 12.8 Å². The quantitative estimate of drug-likeness (QED) is 0.615. The van der Waals surface area contributed by atoms with Crippen molar-refractivity contribution in [1.29, 1.82) is 0 Å². The molecule has 0 spiro atoms. The highest BCUT2D eigenvalue weighted by atomic mass is 16.4. The largest absolute Gasteiger partial charge is 0.480 e. The topological polar surface area (TPSA) is 52.6 Å². The second-order valence-corrected chi connectivity index (χ2v) is 6.96. The highest BCUT2D eigenvalue weighted by Crippen LogP contribution is 2.27. The lowest BCUT2D eigenvalue weighted by Crippen LogP contribution is -2.55. The minimum absolute atomic E-state index is 0.277. The van der Waals surface area contributed by atoms with Gasteiger partial charge < -0.3 is 5.11 Å². The molecule has 4 nitrogen and oxygen atoms in total. The number of carboxylic acid groups (broad SMARTS) is 1. The van der Waals surface area contributed by atoms with Gasteiger partial charge in [-0.2, -0.15) is 0 Å². The fourth-order valence-electron chi connectivity index (χ4n) is 3.04. The van der Waals surface area contributed by atoms with Gasteiger partial charge in [0.15, 0.2) is 0 Å². The predicted octanol–water partition coefficient (Wildman–Crippen LogP) is 3.26. The standard InChI is InChI=1S/C17H34N2O2/c1-6-8-11-19(13(3)7-2)14(4)12-17(5,16(20)21)18-15-9-10-15/h13-15,18H,6-12H2,1-5H3,(H,20,21). The van der Waals surface area contributed by atoms with Crippen LogP contribution in [0.3, 0.4) is 0 Å². The summed E-state index contributed by atoms with van der Waals surface area (Å²) in [6.07, 6.45) is 6.34. The van der Waals surface area contributed by atoms with Crippen molar-refractivity contribution in [2.45, 2.75) is 96.8 Å². The molecule has 0 radical (unpaired) electrons. The molecule has 1 aliphatic rings. The maximum atomic E-state index is 11.7. The SMILES string of the molecule is CCCCN(C(C)CC)C(C)CC(C)(NC1CC1)C(=O)O. The molecule has 0 aromatic rings. The van der Waals surface area contributed by atoms with Gasteiger partial charge in [0.05, 0.1) is 0 Å². The fraction of sp³-hybridized carbons (Fsp3) is 0.941. The smallest absolute Gasteiger partial charge is 0.323 e. The van der Waals surface area contributed by atoms with Gasteiger partial charge in [0.1, 0.15) is 5.54 Å². The molecule has 0 amide bonds. The van der Waals surface area contributed by atoms with Crippen LogP contribution in [0, 0.1) is 0 Å². The van der Waals surface area contributed by atoms with Crippen LogP contribution in [0.2, 0.25) is 0 Å². The molecule has 0 bridgehead atoms. The number of unbranched alkanes of at least 4 members (excludes halogenated alkanes) is 1. The Labute approximate surface area is 130 Å². The van der Waals surface area contributed by atoms with Crippen LogP contribution in [0.1, 0.15) is 73.1 Å². The zero-order valence-corrected chi connectivity index (χ0v) is 14.5. The van der Waals surface area contributed by atoms with Crippen molar-refractivity contribution in [3.8, 4) is 0 Å². The number of hydrogen-bond acceptors (Lipinski definition) is 3. The molecular weight excluding hydrogens is 264 g/mol. The van der Waals surface area contributed by atoms with Gasteiger partial charge in [-0.3, -0.25) is 15.0 Å². The van der Waals surface area contributed by atoms with Crippen LogP contribution in [-0.4, -0.2) is 46.2 Å². The molecule has 2 N–H and O–H groups in total. The summed E-state index contributed by atoms with van der Waals surface area (Å²) in [5, 5.41) is 13.0. The molecule has 1 aliphatic carbocycles. The minimum atomic E-state index is -0.807. The number of rotatable bonds is 11. The van der Waals surface area contributed by atoms with Crippen LogP contribution in [-0.2, 0) is 4.79 Å². The number of nitrogens with zero attached hydrogens (tertiary/aromatic N) is 1. The van der Waals surface area contributed by atoms with E-state index in [-0.39, 0.29) is 6.04 Å². The van der Waals surface area contributed by atoms with E-state index >= 15 is 0 Å². The summed E-state index contributed by atoms with van der Waals surface area (Å²) < 4.78 is 0.